The molecule has 0 aromatic heterocycles. The summed E-state index contributed by atoms with van der Waals surface area (Å²) in [5.74, 6) is 0.269. The minimum absolute atomic E-state index is 0.0122. The summed E-state index contributed by atoms with van der Waals surface area (Å²) in [5, 5.41) is 0. The fraction of sp³-hybridized carbons (Fsp3) is 0.500. The van der Waals surface area contributed by atoms with Gasteiger partial charge in [0.2, 0.25) is 0 Å². The Morgan fingerprint density at radius 3 is 2.53 bits per heavy atom. The van der Waals surface area contributed by atoms with Gasteiger partial charge in [0.05, 0.1) is 12.2 Å². The molecular formula is C14H17F3O2. The van der Waals surface area contributed by atoms with Gasteiger partial charge in [-0.25, -0.2) is 0 Å². The van der Waals surface area contributed by atoms with Crippen molar-refractivity contribution in [3.05, 3.63) is 29.3 Å². The van der Waals surface area contributed by atoms with Gasteiger partial charge in [-0.1, -0.05) is 13.8 Å². The van der Waals surface area contributed by atoms with E-state index >= 15 is 0 Å². The highest BCUT2D eigenvalue weighted by molar-refractivity contribution is 5.75. The van der Waals surface area contributed by atoms with Gasteiger partial charge in [0.15, 0.2) is 0 Å². The van der Waals surface area contributed by atoms with Crippen LogP contribution in [-0.2, 0) is 6.18 Å². The zero-order valence-electron chi connectivity index (χ0n) is 11.0. The lowest BCUT2D eigenvalue weighted by Gasteiger charge is -2.14. The van der Waals surface area contributed by atoms with Crippen LogP contribution in [-0.4, -0.2) is 12.9 Å². The van der Waals surface area contributed by atoms with Crippen molar-refractivity contribution in [1.29, 1.82) is 0 Å². The summed E-state index contributed by atoms with van der Waals surface area (Å²) >= 11 is 0. The van der Waals surface area contributed by atoms with E-state index < -0.39 is 11.7 Å². The van der Waals surface area contributed by atoms with Gasteiger partial charge in [-0.15, -0.1) is 0 Å². The lowest BCUT2D eigenvalue weighted by atomic mass is 10.1. The van der Waals surface area contributed by atoms with Crippen molar-refractivity contribution in [2.24, 2.45) is 5.92 Å². The zero-order chi connectivity index (χ0) is 14.5. The Bertz CT molecular complexity index is 425. The summed E-state index contributed by atoms with van der Waals surface area (Å²) < 4.78 is 43.6. The molecule has 1 aromatic carbocycles. The highest BCUT2D eigenvalue weighted by atomic mass is 19.4. The molecule has 0 aliphatic carbocycles. The molecule has 0 radical (unpaired) electrons. The van der Waals surface area contributed by atoms with Gasteiger partial charge in [0.1, 0.15) is 12.0 Å². The van der Waals surface area contributed by atoms with E-state index in [1.54, 1.807) is 0 Å². The molecule has 1 aromatic rings. The van der Waals surface area contributed by atoms with E-state index in [2.05, 4.69) is 0 Å². The normalized spacial score (nSPS) is 11.7. The van der Waals surface area contributed by atoms with Crippen LogP contribution in [0.4, 0.5) is 13.2 Å². The Kier molecular flexibility index (Phi) is 5.39. The first-order chi connectivity index (χ1) is 8.84. The molecular weight excluding hydrogens is 257 g/mol. The molecule has 0 unspecified atom stereocenters. The topological polar surface area (TPSA) is 26.3 Å². The predicted molar refractivity (Wildman–Crippen MR) is 66.4 cm³/mol. The number of carbonyl (C=O) groups is 1. The lowest BCUT2D eigenvalue weighted by molar-refractivity contribution is -0.139. The van der Waals surface area contributed by atoms with Gasteiger partial charge >= 0.3 is 6.18 Å². The van der Waals surface area contributed by atoms with Crippen molar-refractivity contribution in [1.82, 2.24) is 0 Å². The van der Waals surface area contributed by atoms with Crippen molar-refractivity contribution >= 4 is 6.29 Å². The number of hydrogen-bond acceptors (Lipinski definition) is 2. The summed E-state index contributed by atoms with van der Waals surface area (Å²) in [5.41, 5.74) is -0.913. The van der Waals surface area contributed by atoms with Crippen molar-refractivity contribution in [2.45, 2.75) is 32.9 Å². The Morgan fingerprint density at radius 1 is 1.32 bits per heavy atom. The second-order valence-corrected chi connectivity index (χ2v) is 4.76. The molecule has 2 nitrogen and oxygen atoms in total. The highest BCUT2D eigenvalue weighted by Crippen LogP contribution is 2.36. The number of aldehydes is 1. The quantitative estimate of drug-likeness (QED) is 0.570. The van der Waals surface area contributed by atoms with Crippen LogP contribution in [0.2, 0.25) is 0 Å². The number of rotatable bonds is 6. The summed E-state index contributed by atoms with van der Waals surface area (Å²) in [6.45, 7) is 4.32. The van der Waals surface area contributed by atoms with Gasteiger partial charge in [0, 0.05) is 5.56 Å². The van der Waals surface area contributed by atoms with Crippen LogP contribution in [0, 0.1) is 5.92 Å². The zero-order valence-corrected chi connectivity index (χ0v) is 11.0. The third-order valence-corrected chi connectivity index (χ3v) is 2.63. The van der Waals surface area contributed by atoms with Gasteiger partial charge in [-0.3, -0.25) is 4.79 Å². The van der Waals surface area contributed by atoms with Crippen LogP contribution < -0.4 is 4.74 Å². The van der Waals surface area contributed by atoms with E-state index in [0.29, 0.717) is 18.6 Å². The number of benzene rings is 1. The molecule has 1 rings (SSSR count). The number of alkyl halides is 3. The first kappa shape index (κ1) is 15.5. The maximum atomic E-state index is 12.8. The number of hydrogen-bond donors (Lipinski definition) is 0. The smallest absolute Gasteiger partial charge is 0.419 e. The van der Waals surface area contributed by atoms with Gasteiger partial charge in [-0.2, -0.15) is 13.2 Å². The Balaban J connectivity index is 2.79. The summed E-state index contributed by atoms with van der Waals surface area (Å²) in [7, 11) is 0. The highest BCUT2D eigenvalue weighted by Gasteiger charge is 2.34. The van der Waals surface area contributed by atoms with Gasteiger partial charge in [-0.05, 0) is 37.0 Å². The molecule has 0 saturated heterocycles. The van der Waals surface area contributed by atoms with E-state index in [-0.39, 0.29) is 17.9 Å². The Morgan fingerprint density at radius 2 is 2.00 bits per heavy atom. The number of ether oxygens (including phenoxy) is 1. The third-order valence-electron chi connectivity index (χ3n) is 2.63. The van der Waals surface area contributed by atoms with Crippen LogP contribution in [0.25, 0.3) is 0 Å². The number of carbonyl (C=O) groups excluding carboxylic acids is 1. The molecule has 0 fully saturated rings. The summed E-state index contributed by atoms with van der Waals surface area (Å²) in [4.78, 5) is 10.5. The lowest BCUT2D eigenvalue weighted by Crippen LogP contribution is -2.10. The van der Waals surface area contributed by atoms with Gasteiger partial charge in [0.25, 0.3) is 0 Å². The molecule has 106 valence electrons. The van der Waals surface area contributed by atoms with E-state index in [9.17, 15) is 18.0 Å². The molecule has 0 atom stereocenters. The Hall–Kier alpha value is -1.52. The third kappa shape index (κ3) is 4.93. The van der Waals surface area contributed by atoms with Crippen LogP contribution in [0.1, 0.15) is 42.6 Å². The van der Waals surface area contributed by atoms with Crippen LogP contribution >= 0.6 is 0 Å². The van der Waals surface area contributed by atoms with E-state index in [4.69, 9.17) is 4.74 Å². The van der Waals surface area contributed by atoms with E-state index in [1.165, 1.54) is 12.1 Å². The second-order valence-electron chi connectivity index (χ2n) is 4.76. The molecule has 0 heterocycles. The molecule has 0 aliphatic heterocycles. The average Bonchev–Trinajstić information content (AvgIpc) is 2.33. The van der Waals surface area contributed by atoms with Crippen molar-refractivity contribution in [3.8, 4) is 5.75 Å². The SMILES string of the molecule is CC(C)CCCOc1ccc(C=O)cc1C(F)(F)F. The second kappa shape index (κ2) is 6.59. The maximum Gasteiger partial charge on any atom is 0.419 e. The predicted octanol–water partition coefficient (Wildman–Crippen LogP) is 4.33. The Labute approximate surface area is 110 Å². The maximum absolute atomic E-state index is 12.8. The van der Waals surface area contributed by atoms with Crippen LogP contribution in [0.5, 0.6) is 5.75 Å². The fourth-order valence-corrected chi connectivity index (χ4v) is 1.64. The molecule has 0 spiro atoms. The first-order valence-electron chi connectivity index (χ1n) is 6.14. The minimum Gasteiger partial charge on any atom is -0.493 e. The number of halogens is 3. The van der Waals surface area contributed by atoms with E-state index in [1.807, 2.05) is 13.8 Å². The molecule has 0 saturated carbocycles. The van der Waals surface area contributed by atoms with Gasteiger partial charge < -0.3 is 4.74 Å². The largest absolute Gasteiger partial charge is 0.493 e. The van der Waals surface area contributed by atoms with E-state index in [0.717, 1.165) is 12.5 Å². The molecule has 5 heteroatoms. The molecule has 0 bridgehead atoms. The van der Waals surface area contributed by atoms with Crippen molar-refractivity contribution < 1.29 is 22.7 Å². The van der Waals surface area contributed by atoms with Crippen LogP contribution in [0.15, 0.2) is 18.2 Å². The van der Waals surface area contributed by atoms with Crippen molar-refractivity contribution in [3.63, 3.8) is 0 Å². The standard InChI is InChI=1S/C14H17F3O2/c1-10(2)4-3-7-19-13-6-5-11(9-18)8-12(13)14(15,16)17/h5-6,8-10H,3-4,7H2,1-2H3. The average molecular weight is 274 g/mol. The monoisotopic (exact) mass is 274 g/mol. The summed E-state index contributed by atoms with van der Waals surface area (Å²) in [6.07, 6.45) is -2.54. The van der Waals surface area contributed by atoms with Crippen LogP contribution in [0.3, 0.4) is 0 Å². The molecule has 0 amide bonds. The molecule has 19 heavy (non-hydrogen) atoms. The molecule has 0 aliphatic rings. The molecule has 0 N–H and O–H groups in total. The summed E-state index contributed by atoms with van der Waals surface area (Å²) in [6, 6.07) is 3.33. The fourth-order valence-electron chi connectivity index (χ4n) is 1.64. The van der Waals surface area contributed by atoms with Crippen molar-refractivity contribution in [2.75, 3.05) is 6.61 Å². The first-order valence-corrected chi connectivity index (χ1v) is 6.14. The minimum atomic E-state index is -4.52.